The highest BCUT2D eigenvalue weighted by atomic mass is 32.1. The molecule has 1 aromatic heterocycles. The van der Waals surface area contributed by atoms with Crippen LogP contribution >= 0.6 is 11.3 Å². The molecule has 0 radical (unpaired) electrons. The zero-order valence-corrected chi connectivity index (χ0v) is 16.8. The van der Waals surface area contributed by atoms with Gasteiger partial charge in [-0.25, -0.2) is 4.79 Å². The summed E-state index contributed by atoms with van der Waals surface area (Å²) in [5.74, 6) is -0.305. The Balaban J connectivity index is 2.77. The molecule has 0 spiro atoms. The Kier molecular flexibility index (Phi) is 9.17. The number of allylic oxidation sites excluding steroid dienone is 6. The number of esters is 1. The predicted octanol–water partition coefficient (Wildman–Crippen LogP) is 5.54. The lowest BCUT2D eigenvalue weighted by Crippen LogP contribution is -1.99. The Morgan fingerprint density at radius 2 is 1.88 bits per heavy atom. The lowest BCUT2D eigenvalue weighted by Gasteiger charge is -1.98. The Morgan fingerprint density at radius 1 is 1.16 bits per heavy atom. The maximum Gasteiger partial charge on any atom is 0.330 e. The van der Waals surface area contributed by atoms with E-state index in [2.05, 4.69) is 32.9 Å². The van der Waals surface area contributed by atoms with Crippen LogP contribution in [-0.2, 0) is 20.9 Å². The second-order valence-corrected chi connectivity index (χ2v) is 7.11. The van der Waals surface area contributed by atoms with Crippen molar-refractivity contribution in [1.82, 2.24) is 0 Å². The van der Waals surface area contributed by atoms with Crippen LogP contribution in [0.2, 0.25) is 0 Å². The molecule has 0 bridgehead atoms. The predicted molar refractivity (Wildman–Crippen MR) is 107 cm³/mol. The van der Waals surface area contributed by atoms with Crippen LogP contribution in [0.1, 0.15) is 41.7 Å². The molecule has 1 aromatic rings. The first-order valence-corrected chi connectivity index (χ1v) is 9.16. The van der Waals surface area contributed by atoms with Gasteiger partial charge in [-0.3, -0.25) is 0 Å². The van der Waals surface area contributed by atoms with Crippen LogP contribution < -0.4 is 0 Å². The molecule has 0 saturated carbocycles. The van der Waals surface area contributed by atoms with E-state index >= 15 is 0 Å². The molecule has 0 aliphatic heterocycles. The SMILES string of the molecule is CCOC(=O)C=C(C)C=CC=C(C)C=Cc1c(C)sc(COC)c1C. The summed E-state index contributed by atoms with van der Waals surface area (Å²) in [6.07, 6.45) is 11.6. The number of thiophene rings is 1. The molecular formula is C21H28O3S. The monoisotopic (exact) mass is 360 g/mol. The highest BCUT2D eigenvalue weighted by Crippen LogP contribution is 2.29. The molecule has 136 valence electrons. The zero-order chi connectivity index (χ0) is 18.8. The molecule has 0 fully saturated rings. The minimum Gasteiger partial charge on any atom is -0.463 e. The van der Waals surface area contributed by atoms with E-state index in [1.807, 2.05) is 25.2 Å². The van der Waals surface area contributed by atoms with Crippen LogP contribution in [0.4, 0.5) is 0 Å². The minimum absolute atomic E-state index is 0.305. The van der Waals surface area contributed by atoms with E-state index in [4.69, 9.17) is 9.47 Å². The third-order valence-corrected chi connectivity index (χ3v) is 4.81. The van der Waals surface area contributed by atoms with Crippen molar-refractivity contribution in [2.24, 2.45) is 0 Å². The minimum atomic E-state index is -0.305. The summed E-state index contributed by atoms with van der Waals surface area (Å²) < 4.78 is 10.1. The van der Waals surface area contributed by atoms with Gasteiger partial charge in [0, 0.05) is 22.9 Å². The molecule has 0 amide bonds. The van der Waals surface area contributed by atoms with Crippen LogP contribution in [0.3, 0.4) is 0 Å². The second-order valence-electron chi connectivity index (χ2n) is 5.80. The van der Waals surface area contributed by atoms with Gasteiger partial charge in [0.05, 0.1) is 13.2 Å². The van der Waals surface area contributed by atoms with Gasteiger partial charge in [-0.15, -0.1) is 11.3 Å². The van der Waals surface area contributed by atoms with Gasteiger partial charge in [0.25, 0.3) is 0 Å². The summed E-state index contributed by atoms with van der Waals surface area (Å²) in [4.78, 5) is 13.9. The molecule has 0 aromatic carbocycles. The number of carbonyl (C=O) groups is 1. The zero-order valence-electron chi connectivity index (χ0n) is 16.0. The molecule has 0 aliphatic carbocycles. The van der Waals surface area contributed by atoms with Crippen LogP contribution in [0.5, 0.6) is 0 Å². The first kappa shape index (κ1) is 21.1. The van der Waals surface area contributed by atoms with Crippen molar-refractivity contribution in [1.29, 1.82) is 0 Å². The molecule has 0 aliphatic rings. The maximum atomic E-state index is 11.4. The quantitative estimate of drug-likeness (QED) is 0.347. The molecule has 25 heavy (non-hydrogen) atoms. The standard InChI is InChI=1S/C21H28O3S/c1-7-24-21(22)13-16(3)10-8-9-15(2)11-12-19-17(4)20(14-23-6)25-18(19)5/h8-13H,7,14H2,1-6H3. The van der Waals surface area contributed by atoms with Crippen molar-refractivity contribution < 1.29 is 14.3 Å². The topological polar surface area (TPSA) is 35.5 Å². The van der Waals surface area contributed by atoms with Crippen molar-refractivity contribution in [2.45, 2.75) is 41.2 Å². The number of rotatable bonds is 8. The van der Waals surface area contributed by atoms with Gasteiger partial charge < -0.3 is 9.47 Å². The molecule has 4 heteroatoms. The summed E-state index contributed by atoms with van der Waals surface area (Å²) >= 11 is 1.79. The van der Waals surface area contributed by atoms with Gasteiger partial charge in [0.15, 0.2) is 0 Å². The molecule has 1 rings (SSSR count). The number of aryl methyl sites for hydroxylation is 1. The van der Waals surface area contributed by atoms with Crippen LogP contribution in [-0.4, -0.2) is 19.7 Å². The molecule has 0 unspecified atom stereocenters. The van der Waals surface area contributed by atoms with E-state index in [-0.39, 0.29) is 5.97 Å². The van der Waals surface area contributed by atoms with E-state index < -0.39 is 0 Å². The van der Waals surface area contributed by atoms with E-state index in [0.29, 0.717) is 13.2 Å². The van der Waals surface area contributed by atoms with E-state index in [1.54, 1.807) is 25.4 Å². The fourth-order valence-electron chi connectivity index (χ4n) is 2.28. The van der Waals surface area contributed by atoms with E-state index in [9.17, 15) is 4.79 Å². The highest BCUT2D eigenvalue weighted by molar-refractivity contribution is 7.12. The van der Waals surface area contributed by atoms with Gasteiger partial charge >= 0.3 is 5.97 Å². The van der Waals surface area contributed by atoms with Crippen molar-refractivity contribution >= 4 is 23.4 Å². The lowest BCUT2D eigenvalue weighted by molar-refractivity contribution is -0.137. The Morgan fingerprint density at radius 3 is 2.52 bits per heavy atom. The number of ether oxygens (including phenoxy) is 2. The first-order valence-electron chi connectivity index (χ1n) is 8.34. The molecule has 0 saturated heterocycles. The average Bonchev–Trinajstić information content (AvgIpc) is 2.80. The normalized spacial score (nSPS) is 13.2. The first-order chi connectivity index (χ1) is 11.9. The summed E-state index contributed by atoms with van der Waals surface area (Å²) in [7, 11) is 1.72. The maximum absolute atomic E-state index is 11.4. The highest BCUT2D eigenvalue weighted by Gasteiger charge is 2.09. The van der Waals surface area contributed by atoms with Gasteiger partial charge in [-0.05, 0) is 51.3 Å². The average molecular weight is 361 g/mol. The van der Waals surface area contributed by atoms with Crippen molar-refractivity contribution in [2.75, 3.05) is 13.7 Å². The fourth-order valence-corrected chi connectivity index (χ4v) is 3.42. The Hall–Kier alpha value is -1.91. The molecule has 3 nitrogen and oxygen atoms in total. The summed E-state index contributed by atoms with van der Waals surface area (Å²) in [5.41, 5.74) is 4.56. The smallest absolute Gasteiger partial charge is 0.330 e. The summed E-state index contributed by atoms with van der Waals surface area (Å²) in [6.45, 7) is 11.1. The number of carbonyl (C=O) groups excluding carboxylic acids is 1. The van der Waals surface area contributed by atoms with Gasteiger partial charge in [0.2, 0.25) is 0 Å². The lowest BCUT2D eigenvalue weighted by atomic mass is 10.1. The second kappa shape index (κ2) is 10.9. The fraction of sp³-hybridized carbons (Fsp3) is 0.381. The third-order valence-electron chi connectivity index (χ3n) is 3.62. The van der Waals surface area contributed by atoms with Crippen LogP contribution in [0.25, 0.3) is 6.08 Å². The van der Waals surface area contributed by atoms with Crippen LogP contribution in [0, 0.1) is 13.8 Å². The van der Waals surface area contributed by atoms with Gasteiger partial charge in [-0.2, -0.15) is 0 Å². The Bertz CT molecular complexity index is 703. The van der Waals surface area contributed by atoms with Gasteiger partial charge in [-0.1, -0.05) is 36.0 Å². The summed E-state index contributed by atoms with van der Waals surface area (Å²) in [6, 6.07) is 0. The van der Waals surface area contributed by atoms with Gasteiger partial charge in [0.1, 0.15) is 0 Å². The van der Waals surface area contributed by atoms with Crippen molar-refractivity contribution in [3.8, 4) is 0 Å². The molecule has 0 N–H and O–H groups in total. The van der Waals surface area contributed by atoms with E-state index in [0.717, 1.165) is 11.1 Å². The Labute approximate surface area is 155 Å². The largest absolute Gasteiger partial charge is 0.463 e. The molecular weight excluding hydrogens is 332 g/mol. The molecule has 0 atom stereocenters. The number of hydrogen-bond donors (Lipinski definition) is 0. The third kappa shape index (κ3) is 7.24. The molecule has 1 heterocycles. The van der Waals surface area contributed by atoms with Crippen molar-refractivity contribution in [3.05, 3.63) is 62.4 Å². The number of methoxy groups -OCH3 is 1. The van der Waals surface area contributed by atoms with Crippen LogP contribution in [0.15, 0.2) is 41.5 Å². The van der Waals surface area contributed by atoms with E-state index in [1.165, 1.54) is 27.0 Å². The summed E-state index contributed by atoms with van der Waals surface area (Å²) in [5, 5.41) is 0. The van der Waals surface area contributed by atoms with Crippen molar-refractivity contribution in [3.63, 3.8) is 0 Å². The number of hydrogen-bond acceptors (Lipinski definition) is 4.